The van der Waals surface area contributed by atoms with Gasteiger partial charge in [0.25, 0.3) is 11.8 Å². The van der Waals surface area contributed by atoms with E-state index in [0.717, 1.165) is 11.1 Å². The van der Waals surface area contributed by atoms with Crippen LogP contribution in [0.5, 0.6) is 11.5 Å². The van der Waals surface area contributed by atoms with Crippen LogP contribution in [0.25, 0.3) is 10.9 Å². The van der Waals surface area contributed by atoms with Crippen molar-refractivity contribution in [3.63, 3.8) is 0 Å². The Bertz CT molecular complexity index is 1390. The second-order valence-electron chi connectivity index (χ2n) is 7.74. The van der Waals surface area contributed by atoms with Gasteiger partial charge in [-0.2, -0.15) is 0 Å². The number of benzene rings is 3. The van der Waals surface area contributed by atoms with Crippen LogP contribution in [0.4, 0.5) is 11.5 Å². The second kappa shape index (κ2) is 8.70. The number of fused-ring (bicyclic) bond motifs is 1. The van der Waals surface area contributed by atoms with E-state index in [1.807, 2.05) is 32.0 Å². The molecule has 0 bridgehead atoms. The summed E-state index contributed by atoms with van der Waals surface area (Å²) in [6, 6.07) is 17.7. The average molecular weight is 444 g/mol. The van der Waals surface area contributed by atoms with Crippen LogP contribution in [0.3, 0.4) is 0 Å². The molecule has 0 unspecified atom stereocenters. The van der Waals surface area contributed by atoms with Crippen LogP contribution in [-0.2, 0) is 0 Å². The summed E-state index contributed by atoms with van der Waals surface area (Å²) in [4.78, 5) is 26.7. The number of nitrogens with two attached hydrogens (primary N) is 1. The van der Waals surface area contributed by atoms with Gasteiger partial charge in [0, 0.05) is 16.6 Å². The highest BCUT2D eigenvalue weighted by Gasteiger charge is 2.25. The second-order valence-corrected chi connectivity index (χ2v) is 7.74. The lowest BCUT2D eigenvalue weighted by molar-refractivity contribution is 0.0967. The van der Waals surface area contributed by atoms with Crippen LogP contribution in [-0.4, -0.2) is 30.6 Å². The first-order valence-electron chi connectivity index (χ1n) is 10.4. The number of amides is 1. The van der Waals surface area contributed by atoms with Crippen molar-refractivity contribution in [2.24, 2.45) is 0 Å². The number of hydrogen-bond donors (Lipinski definition) is 2. The zero-order valence-corrected chi connectivity index (χ0v) is 18.9. The van der Waals surface area contributed by atoms with Gasteiger partial charge in [-0.05, 0) is 61.4 Å². The van der Waals surface area contributed by atoms with Gasteiger partial charge >= 0.3 is 0 Å². The summed E-state index contributed by atoms with van der Waals surface area (Å²) in [5.74, 6) is 0.233. The number of aryl methyl sites for hydroxylation is 2. The van der Waals surface area contributed by atoms with Crippen molar-refractivity contribution in [1.29, 1.82) is 0 Å². The number of para-hydroxylation sites is 1. The molecule has 0 fully saturated rings. The zero-order chi connectivity index (χ0) is 23.7. The van der Waals surface area contributed by atoms with Gasteiger partial charge in [-0.1, -0.05) is 24.3 Å². The number of ether oxygens (including phenoxy) is 2. The lowest BCUT2D eigenvalue weighted by Gasteiger charge is -2.11. The van der Waals surface area contributed by atoms with Crippen LogP contribution in [0.1, 0.15) is 31.8 Å². The maximum atomic E-state index is 13.5. The summed E-state index contributed by atoms with van der Waals surface area (Å²) in [7, 11) is 3.03. The number of nitrogen functional groups attached to an aromatic ring is 1. The molecular weight excluding hydrogens is 418 g/mol. The molecule has 1 amide bonds. The third kappa shape index (κ3) is 3.89. The Morgan fingerprint density at radius 1 is 0.879 bits per heavy atom. The average Bonchev–Trinajstić information content (AvgIpc) is 3.12. The maximum Gasteiger partial charge on any atom is 0.264 e. The van der Waals surface area contributed by atoms with Gasteiger partial charge in [-0.15, -0.1) is 0 Å². The van der Waals surface area contributed by atoms with E-state index in [0.29, 0.717) is 33.7 Å². The summed E-state index contributed by atoms with van der Waals surface area (Å²) in [6.45, 7) is 3.99. The smallest absolute Gasteiger partial charge is 0.264 e. The summed E-state index contributed by atoms with van der Waals surface area (Å²) >= 11 is 0. The Morgan fingerprint density at radius 3 is 2.30 bits per heavy atom. The molecule has 0 aliphatic rings. The molecule has 168 valence electrons. The van der Waals surface area contributed by atoms with Crippen molar-refractivity contribution in [2.75, 3.05) is 25.3 Å². The van der Waals surface area contributed by atoms with Gasteiger partial charge in [0.15, 0.2) is 11.5 Å². The van der Waals surface area contributed by atoms with Crippen LogP contribution < -0.4 is 20.5 Å². The lowest BCUT2D eigenvalue weighted by atomic mass is 10.1. The molecule has 7 nitrogen and oxygen atoms in total. The predicted octanol–water partition coefficient (Wildman–Crippen LogP) is 4.80. The Morgan fingerprint density at radius 2 is 1.61 bits per heavy atom. The first-order valence-corrected chi connectivity index (χ1v) is 10.4. The number of rotatable bonds is 5. The van der Waals surface area contributed by atoms with E-state index in [1.54, 1.807) is 42.5 Å². The van der Waals surface area contributed by atoms with Gasteiger partial charge in [-0.25, -0.2) is 0 Å². The van der Waals surface area contributed by atoms with Crippen molar-refractivity contribution in [1.82, 2.24) is 4.57 Å². The van der Waals surface area contributed by atoms with E-state index in [4.69, 9.17) is 15.2 Å². The molecule has 0 saturated heterocycles. The van der Waals surface area contributed by atoms with E-state index in [9.17, 15) is 9.59 Å². The Balaban J connectivity index is 1.80. The Kier molecular flexibility index (Phi) is 5.79. The topological polar surface area (TPSA) is 95.6 Å². The van der Waals surface area contributed by atoms with Crippen LogP contribution in [0.15, 0.2) is 60.7 Å². The van der Waals surface area contributed by atoms with E-state index in [1.165, 1.54) is 18.8 Å². The van der Waals surface area contributed by atoms with E-state index in [2.05, 4.69) is 5.32 Å². The standard InChI is InChI=1S/C26H25N3O4/c1-15-9-11-18(13-16(15)2)28-25(30)23-19-7-5-6-8-20(19)29(24(23)27)26(31)17-10-12-21(32-3)22(14-17)33-4/h5-14H,27H2,1-4H3,(H,28,30). The van der Waals surface area contributed by atoms with Gasteiger partial charge < -0.3 is 20.5 Å². The molecule has 0 saturated carbocycles. The minimum absolute atomic E-state index is 0.0670. The first kappa shape index (κ1) is 22.0. The molecular formula is C26H25N3O4. The maximum absolute atomic E-state index is 13.5. The molecule has 4 rings (SSSR count). The monoisotopic (exact) mass is 443 g/mol. The molecule has 1 heterocycles. The number of nitrogens with one attached hydrogen (secondary N) is 1. The molecule has 4 aromatic rings. The number of anilines is 2. The van der Waals surface area contributed by atoms with Crippen LogP contribution >= 0.6 is 0 Å². The zero-order valence-electron chi connectivity index (χ0n) is 18.9. The van der Waals surface area contributed by atoms with Crippen molar-refractivity contribution in [2.45, 2.75) is 13.8 Å². The molecule has 0 atom stereocenters. The molecule has 1 aromatic heterocycles. The normalized spacial score (nSPS) is 10.8. The van der Waals surface area contributed by atoms with Crippen LogP contribution in [0.2, 0.25) is 0 Å². The van der Waals surface area contributed by atoms with Gasteiger partial charge in [0.05, 0.1) is 25.3 Å². The largest absolute Gasteiger partial charge is 0.493 e. The number of hydrogen-bond acceptors (Lipinski definition) is 5. The molecule has 0 radical (unpaired) electrons. The van der Waals surface area contributed by atoms with E-state index >= 15 is 0 Å². The summed E-state index contributed by atoms with van der Waals surface area (Å²) < 4.78 is 11.9. The fourth-order valence-electron chi connectivity index (χ4n) is 3.83. The van der Waals surface area contributed by atoms with Crippen molar-refractivity contribution in [3.8, 4) is 11.5 Å². The Labute approximate surface area is 191 Å². The highest BCUT2D eigenvalue weighted by Crippen LogP contribution is 2.32. The molecule has 0 aliphatic carbocycles. The van der Waals surface area contributed by atoms with Crippen molar-refractivity contribution in [3.05, 3.63) is 82.9 Å². The minimum atomic E-state index is -0.384. The number of carbonyl (C=O) groups is 2. The highest BCUT2D eigenvalue weighted by molar-refractivity contribution is 6.20. The number of aromatic nitrogens is 1. The number of carbonyl (C=O) groups excluding carboxylic acids is 2. The third-order valence-electron chi connectivity index (χ3n) is 5.74. The van der Waals surface area contributed by atoms with Crippen LogP contribution in [0, 0.1) is 13.8 Å². The summed E-state index contributed by atoms with van der Waals surface area (Å²) in [6.07, 6.45) is 0. The fourth-order valence-corrected chi connectivity index (χ4v) is 3.83. The molecule has 7 heteroatoms. The molecule has 3 N–H and O–H groups in total. The van der Waals surface area contributed by atoms with E-state index < -0.39 is 0 Å². The first-order chi connectivity index (χ1) is 15.8. The fraction of sp³-hybridized carbons (Fsp3) is 0.154. The Hall–Kier alpha value is -4.26. The lowest BCUT2D eigenvalue weighted by Crippen LogP contribution is -2.18. The summed E-state index contributed by atoms with van der Waals surface area (Å²) in [5.41, 5.74) is 10.4. The van der Waals surface area contributed by atoms with E-state index in [-0.39, 0.29) is 23.2 Å². The minimum Gasteiger partial charge on any atom is -0.493 e. The predicted molar refractivity (Wildman–Crippen MR) is 129 cm³/mol. The summed E-state index contributed by atoms with van der Waals surface area (Å²) in [5, 5.41) is 3.49. The van der Waals surface area contributed by atoms with Crippen molar-refractivity contribution >= 4 is 34.2 Å². The molecule has 33 heavy (non-hydrogen) atoms. The van der Waals surface area contributed by atoms with Gasteiger partial charge in [-0.3, -0.25) is 14.2 Å². The molecule has 3 aromatic carbocycles. The van der Waals surface area contributed by atoms with Crippen molar-refractivity contribution < 1.29 is 19.1 Å². The SMILES string of the molecule is COc1ccc(C(=O)n2c(N)c(C(=O)Nc3ccc(C)c(C)c3)c3ccccc32)cc1OC. The quantitative estimate of drug-likeness (QED) is 0.462. The molecule has 0 spiro atoms. The molecule has 0 aliphatic heterocycles. The highest BCUT2D eigenvalue weighted by atomic mass is 16.5. The van der Waals surface area contributed by atoms with Gasteiger partial charge in [0.1, 0.15) is 5.82 Å². The third-order valence-corrected chi connectivity index (χ3v) is 5.74. The number of nitrogens with zero attached hydrogens (tertiary/aromatic N) is 1. The number of methoxy groups -OCH3 is 2. The van der Waals surface area contributed by atoms with Gasteiger partial charge in [0.2, 0.25) is 0 Å².